The fourth-order valence-electron chi connectivity index (χ4n) is 2.61. The van der Waals surface area contributed by atoms with Crippen molar-refractivity contribution in [3.8, 4) is 0 Å². The molecule has 2 amide bonds. The van der Waals surface area contributed by atoms with E-state index in [0.717, 1.165) is 13.1 Å². The van der Waals surface area contributed by atoms with Crippen molar-refractivity contribution in [2.45, 2.75) is 13.0 Å². The molecule has 1 saturated heterocycles. The van der Waals surface area contributed by atoms with Crippen molar-refractivity contribution in [3.05, 3.63) is 58.3 Å². The highest BCUT2D eigenvalue weighted by Crippen LogP contribution is 2.16. The van der Waals surface area contributed by atoms with E-state index >= 15 is 0 Å². The van der Waals surface area contributed by atoms with Crippen LogP contribution in [0.3, 0.4) is 0 Å². The van der Waals surface area contributed by atoms with Crippen LogP contribution in [0.1, 0.15) is 21.7 Å². The van der Waals surface area contributed by atoms with Crippen molar-refractivity contribution in [3.63, 3.8) is 0 Å². The van der Waals surface area contributed by atoms with Crippen LogP contribution >= 0.6 is 11.3 Å². The van der Waals surface area contributed by atoms with Crippen molar-refractivity contribution in [2.24, 2.45) is 0 Å². The molecule has 1 aromatic heterocycles. The Kier molecular flexibility index (Phi) is 4.65. The summed E-state index contributed by atoms with van der Waals surface area (Å²) in [5.41, 5.74) is 1.23. The van der Waals surface area contributed by atoms with Crippen LogP contribution in [0.2, 0.25) is 0 Å². The Morgan fingerprint density at radius 3 is 2.59 bits per heavy atom. The van der Waals surface area contributed by atoms with E-state index in [0.29, 0.717) is 24.4 Å². The summed E-state index contributed by atoms with van der Waals surface area (Å²) in [6.45, 7) is 2.69. The number of carbonyl (C=O) groups is 2. The molecule has 0 radical (unpaired) electrons. The second-order valence-corrected chi connectivity index (χ2v) is 6.29. The molecule has 1 aliphatic heterocycles. The summed E-state index contributed by atoms with van der Waals surface area (Å²) in [5.74, 6) is -0.240. The molecule has 1 fully saturated rings. The first-order valence-electron chi connectivity index (χ1n) is 7.38. The van der Waals surface area contributed by atoms with Crippen LogP contribution in [0.25, 0.3) is 0 Å². The van der Waals surface area contributed by atoms with Crippen molar-refractivity contribution in [2.75, 3.05) is 19.6 Å². The van der Waals surface area contributed by atoms with Gasteiger partial charge in [-0.15, -0.1) is 11.3 Å². The van der Waals surface area contributed by atoms with E-state index in [9.17, 15) is 9.59 Å². The average Bonchev–Trinajstić information content (AvgIpc) is 3.01. The topological polar surface area (TPSA) is 40.6 Å². The molecule has 22 heavy (non-hydrogen) atoms. The first-order chi connectivity index (χ1) is 10.7. The summed E-state index contributed by atoms with van der Waals surface area (Å²) >= 11 is 1.38. The molecule has 0 N–H and O–H groups in total. The van der Waals surface area contributed by atoms with E-state index in [1.165, 1.54) is 21.8 Å². The van der Waals surface area contributed by atoms with Crippen LogP contribution in [0.5, 0.6) is 0 Å². The van der Waals surface area contributed by atoms with E-state index < -0.39 is 0 Å². The second-order valence-electron chi connectivity index (χ2n) is 5.34. The van der Waals surface area contributed by atoms with Gasteiger partial charge >= 0.3 is 0 Å². The summed E-state index contributed by atoms with van der Waals surface area (Å²) in [5, 5.41) is 1.86. The van der Waals surface area contributed by atoms with Crippen LogP contribution in [0, 0.1) is 0 Å². The number of carbonyl (C=O) groups excluding carboxylic acids is 2. The Labute approximate surface area is 134 Å². The van der Waals surface area contributed by atoms with Gasteiger partial charge in [-0.05, 0) is 17.0 Å². The molecule has 114 valence electrons. The number of imide groups is 1. The SMILES string of the molecule is O=C1CCN(Cc2ccccc2)CCN1C(=O)c1cccs1. The molecule has 0 aliphatic carbocycles. The van der Waals surface area contributed by atoms with E-state index in [1.807, 2.05) is 29.6 Å². The number of benzene rings is 1. The van der Waals surface area contributed by atoms with Crippen molar-refractivity contribution >= 4 is 23.2 Å². The molecule has 0 bridgehead atoms. The second kappa shape index (κ2) is 6.85. The molecule has 5 heteroatoms. The van der Waals surface area contributed by atoms with E-state index in [-0.39, 0.29) is 11.8 Å². The predicted octanol–water partition coefficient (Wildman–Crippen LogP) is 2.62. The minimum atomic E-state index is -0.165. The molecular weight excluding hydrogens is 296 g/mol. The Morgan fingerprint density at radius 2 is 1.86 bits per heavy atom. The zero-order valence-corrected chi connectivity index (χ0v) is 13.1. The first-order valence-corrected chi connectivity index (χ1v) is 8.26. The lowest BCUT2D eigenvalue weighted by molar-refractivity contribution is -0.127. The van der Waals surface area contributed by atoms with Gasteiger partial charge in [-0.25, -0.2) is 0 Å². The standard InChI is InChI=1S/C17H18N2O2S/c20-16-8-9-18(13-14-5-2-1-3-6-14)10-11-19(16)17(21)15-7-4-12-22-15/h1-7,12H,8-11,13H2. The molecule has 0 spiro atoms. The molecule has 0 saturated carbocycles. The number of rotatable bonds is 3. The predicted molar refractivity (Wildman–Crippen MR) is 86.7 cm³/mol. The smallest absolute Gasteiger partial charge is 0.270 e. The van der Waals surface area contributed by atoms with Crippen LogP contribution in [-0.2, 0) is 11.3 Å². The van der Waals surface area contributed by atoms with Crippen LogP contribution in [-0.4, -0.2) is 41.2 Å². The molecule has 4 nitrogen and oxygen atoms in total. The number of hydrogen-bond acceptors (Lipinski definition) is 4. The van der Waals surface area contributed by atoms with Gasteiger partial charge in [0.1, 0.15) is 0 Å². The van der Waals surface area contributed by atoms with Crippen molar-refractivity contribution in [1.82, 2.24) is 9.80 Å². The van der Waals surface area contributed by atoms with E-state index in [1.54, 1.807) is 6.07 Å². The lowest BCUT2D eigenvalue weighted by Crippen LogP contribution is -2.38. The Hall–Kier alpha value is -1.98. The van der Waals surface area contributed by atoms with Gasteiger partial charge in [0.25, 0.3) is 5.91 Å². The molecule has 1 aromatic carbocycles. The monoisotopic (exact) mass is 314 g/mol. The summed E-state index contributed by atoms with van der Waals surface area (Å²) in [7, 11) is 0. The normalized spacial score (nSPS) is 16.5. The molecule has 2 aromatic rings. The lowest BCUT2D eigenvalue weighted by Gasteiger charge is -2.20. The molecular formula is C17H18N2O2S. The molecule has 1 aliphatic rings. The molecule has 0 atom stereocenters. The fraction of sp³-hybridized carbons (Fsp3) is 0.294. The zero-order chi connectivity index (χ0) is 15.4. The zero-order valence-electron chi connectivity index (χ0n) is 12.3. The summed E-state index contributed by atoms with van der Waals surface area (Å²) in [4.78, 5) is 28.9. The van der Waals surface area contributed by atoms with Crippen LogP contribution < -0.4 is 0 Å². The van der Waals surface area contributed by atoms with Crippen molar-refractivity contribution < 1.29 is 9.59 Å². The highest BCUT2D eigenvalue weighted by Gasteiger charge is 2.27. The summed E-state index contributed by atoms with van der Waals surface area (Å²) in [6, 6.07) is 13.8. The van der Waals surface area contributed by atoms with Gasteiger partial charge in [0.15, 0.2) is 0 Å². The number of hydrogen-bond donors (Lipinski definition) is 0. The lowest BCUT2D eigenvalue weighted by atomic mass is 10.2. The Morgan fingerprint density at radius 1 is 1.05 bits per heavy atom. The number of amides is 2. The number of nitrogens with zero attached hydrogens (tertiary/aromatic N) is 2. The average molecular weight is 314 g/mol. The van der Waals surface area contributed by atoms with Gasteiger partial charge in [-0.1, -0.05) is 36.4 Å². The van der Waals surface area contributed by atoms with E-state index in [2.05, 4.69) is 17.0 Å². The van der Waals surface area contributed by atoms with Gasteiger partial charge in [0.2, 0.25) is 5.91 Å². The quantitative estimate of drug-likeness (QED) is 0.818. The van der Waals surface area contributed by atoms with Gasteiger partial charge < -0.3 is 0 Å². The molecule has 2 heterocycles. The highest BCUT2D eigenvalue weighted by molar-refractivity contribution is 7.12. The summed E-state index contributed by atoms with van der Waals surface area (Å²) in [6.07, 6.45) is 0.393. The maximum atomic E-state index is 12.4. The highest BCUT2D eigenvalue weighted by atomic mass is 32.1. The van der Waals surface area contributed by atoms with Gasteiger partial charge in [0.05, 0.1) is 4.88 Å². The Balaban J connectivity index is 1.65. The molecule has 0 unspecified atom stereocenters. The maximum Gasteiger partial charge on any atom is 0.270 e. The van der Waals surface area contributed by atoms with Gasteiger partial charge in [0, 0.05) is 32.6 Å². The third-order valence-electron chi connectivity index (χ3n) is 3.81. The largest absolute Gasteiger partial charge is 0.297 e. The maximum absolute atomic E-state index is 12.4. The summed E-state index contributed by atoms with van der Waals surface area (Å²) < 4.78 is 0. The third kappa shape index (κ3) is 3.43. The molecule has 3 rings (SSSR count). The third-order valence-corrected chi connectivity index (χ3v) is 4.67. The van der Waals surface area contributed by atoms with Crippen LogP contribution in [0.4, 0.5) is 0 Å². The minimum absolute atomic E-state index is 0.0750. The van der Waals surface area contributed by atoms with Crippen LogP contribution in [0.15, 0.2) is 47.8 Å². The Bertz CT molecular complexity index is 640. The first kappa shape index (κ1) is 14.9. The van der Waals surface area contributed by atoms with E-state index in [4.69, 9.17) is 0 Å². The fourth-order valence-corrected chi connectivity index (χ4v) is 3.29. The van der Waals surface area contributed by atoms with Gasteiger partial charge in [-0.2, -0.15) is 0 Å². The minimum Gasteiger partial charge on any atom is -0.297 e. The van der Waals surface area contributed by atoms with Gasteiger partial charge in [-0.3, -0.25) is 19.4 Å². The number of thiophene rings is 1. The van der Waals surface area contributed by atoms with Crippen molar-refractivity contribution in [1.29, 1.82) is 0 Å².